The zero-order chi connectivity index (χ0) is 16.5. The first kappa shape index (κ1) is 15.9. The molecular weight excluding hydrogens is 340 g/mol. The summed E-state index contributed by atoms with van der Waals surface area (Å²) in [6.07, 6.45) is 4.71. The fraction of sp³-hybridized carbons (Fsp3) is 0.389. The van der Waals surface area contributed by atoms with Crippen molar-refractivity contribution in [1.29, 1.82) is 0 Å². The van der Waals surface area contributed by atoms with E-state index in [-0.39, 0.29) is 0 Å². The third kappa shape index (κ3) is 2.91. The number of thioether (sulfide) groups is 1. The van der Waals surface area contributed by atoms with Gasteiger partial charge in [-0.15, -0.1) is 10.2 Å². The van der Waals surface area contributed by atoms with E-state index in [2.05, 4.69) is 27.8 Å². The van der Waals surface area contributed by atoms with Gasteiger partial charge >= 0.3 is 0 Å². The molecule has 3 heterocycles. The molecule has 124 valence electrons. The molecule has 0 aliphatic carbocycles. The van der Waals surface area contributed by atoms with E-state index in [0.29, 0.717) is 5.75 Å². The minimum atomic E-state index is 0.711. The van der Waals surface area contributed by atoms with Gasteiger partial charge in [0, 0.05) is 24.1 Å². The van der Waals surface area contributed by atoms with Gasteiger partial charge in [0.2, 0.25) is 0 Å². The third-order valence-corrected chi connectivity index (χ3v) is 6.04. The highest BCUT2D eigenvalue weighted by Crippen LogP contribution is 2.31. The van der Waals surface area contributed by atoms with Crippen LogP contribution in [0.25, 0.3) is 10.9 Å². The zero-order valence-corrected chi connectivity index (χ0v) is 15.2. The van der Waals surface area contributed by atoms with E-state index in [0.717, 1.165) is 51.1 Å². The lowest BCUT2D eigenvalue weighted by molar-refractivity contribution is 0.591. The van der Waals surface area contributed by atoms with Gasteiger partial charge in [-0.3, -0.25) is 4.98 Å². The molecule has 0 amide bonds. The molecule has 0 N–H and O–H groups in total. The van der Waals surface area contributed by atoms with Crippen molar-refractivity contribution in [2.75, 3.05) is 0 Å². The van der Waals surface area contributed by atoms with Crippen molar-refractivity contribution in [3.05, 3.63) is 46.4 Å². The van der Waals surface area contributed by atoms with Gasteiger partial charge in [-0.1, -0.05) is 48.0 Å². The van der Waals surface area contributed by atoms with Gasteiger partial charge in [0.15, 0.2) is 5.16 Å². The van der Waals surface area contributed by atoms with Crippen LogP contribution >= 0.6 is 23.4 Å². The van der Waals surface area contributed by atoms with Crippen molar-refractivity contribution in [2.45, 2.75) is 50.1 Å². The maximum Gasteiger partial charge on any atom is 0.191 e. The Kier molecular flexibility index (Phi) is 4.46. The first-order chi connectivity index (χ1) is 11.7. The number of halogens is 1. The van der Waals surface area contributed by atoms with Gasteiger partial charge in [0.25, 0.3) is 0 Å². The number of rotatable bonds is 3. The monoisotopic (exact) mass is 358 g/mol. The Morgan fingerprint density at radius 3 is 2.96 bits per heavy atom. The highest BCUT2D eigenvalue weighted by molar-refractivity contribution is 7.98. The Labute approximate surface area is 150 Å². The topological polar surface area (TPSA) is 43.6 Å². The second-order valence-corrected chi connectivity index (χ2v) is 7.48. The summed E-state index contributed by atoms with van der Waals surface area (Å²) < 4.78 is 2.26. The maximum atomic E-state index is 6.56. The first-order valence-corrected chi connectivity index (χ1v) is 9.69. The minimum absolute atomic E-state index is 0.711. The summed E-state index contributed by atoms with van der Waals surface area (Å²) in [4.78, 5) is 4.76. The van der Waals surface area contributed by atoms with Crippen molar-refractivity contribution in [2.24, 2.45) is 0 Å². The lowest BCUT2D eigenvalue weighted by Gasteiger charge is -2.10. The second-order valence-electron chi connectivity index (χ2n) is 6.16. The van der Waals surface area contributed by atoms with Gasteiger partial charge in [-0.05, 0) is 31.4 Å². The van der Waals surface area contributed by atoms with Gasteiger partial charge < -0.3 is 4.57 Å². The average Bonchev–Trinajstić information content (AvgIpc) is 2.83. The minimum Gasteiger partial charge on any atom is -0.306 e. The molecule has 0 fully saturated rings. The molecule has 1 aliphatic rings. The molecule has 0 atom stereocenters. The van der Waals surface area contributed by atoms with E-state index in [1.165, 1.54) is 19.3 Å². The van der Waals surface area contributed by atoms with Crippen LogP contribution in [0.15, 0.2) is 29.4 Å². The van der Waals surface area contributed by atoms with Crippen LogP contribution in [0.2, 0.25) is 5.02 Å². The van der Waals surface area contributed by atoms with Gasteiger partial charge in [-0.25, -0.2) is 0 Å². The van der Waals surface area contributed by atoms with Crippen molar-refractivity contribution in [3.63, 3.8) is 0 Å². The quantitative estimate of drug-likeness (QED) is 0.630. The van der Waals surface area contributed by atoms with Crippen LogP contribution < -0.4 is 0 Å². The summed E-state index contributed by atoms with van der Waals surface area (Å²) in [6, 6.07) is 8.14. The number of benzene rings is 1. The van der Waals surface area contributed by atoms with Crippen LogP contribution in [-0.4, -0.2) is 19.7 Å². The van der Waals surface area contributed by atoms with E-state index in [4.69, 9.17) is 16.6 Å². The Morgan fingerprint density at radius 1 is 1.17 bits per heavy atom. The average molecular weight is 359 g/mol. The van der Waals surface area contributed by atoms with E-state index in [9.17, 15) is 0 Å². The summed E-state index contributed by atoms with van der Waals surface area (Å²) in [5, 5.41) is 11.6. The van der Waals surface area contributed by atoms with Crippen LogP contribution in [0.1, 0.15) is 36.3 Å². The van der Waals surface area contributed by atoms with Crippen LogP contribution in [0.4, 0.5) is 0 Å². The van der Waals surface area contributed by atoms with Crippen molar-refractivity contribution in [1.82, 2.24) is 19.7 Å². The number of aromatic nitrogens is 4. The predicted molar refractivity (Wildman–Crippen MR) is 98.6 cm³/mol. The molecule has 0 spiro atoms. The van der Waals surface area contributed by atoms with Crippen molar-refractivity contribution < 1.29 is 0 Å². The largest absolute Gasteiger partial charge is 0.306 e. The van der Waals surface area contributed by atoms with Crippen molar-refractivity contribution >= 4 is 34.3 Å². The highest BCUT2D eigenvalue weighted by atomic mass is 35.5. The number of hydrogen-bond donors (Lipinski definition) is 0. The molecule has 4 nitrogen and oxygen atoms in total. The first-order valence-electron chi connectivity index (χ1n) is 8.32. The number of para-hydroxylation sites is 1. The fourth-order valence-electron chi connectivity index (χ4n) is 3.21. The second kappa shape index (κ2) is 6.73. The van der Waals surface area contributed by atoms with Gasteiger partial charge in [0.05, 0.1) is 16.2 Å². The lowest BCUT2D eigenvalue weighted by Crippen LogP contribution is -2.02. The molecule has 3 aromatic rings. The standard InChI is InChI=1S/C18H19ClN4S/c1-12-13-7-4-5-8-14(13)20-15(17(12)19)11-24-18-22-21-16-9-3-2-6-10-23(16)18/h4-5,7-8H,2-3,6,9-11H2,1H3. The molecule has 4 rings (SSSR count). The third-order valence-electron chi connectivity index (χ3n) is 4.56. The Balaban J connectivity index is 1.61. The van der Waals surface area contributed by atoms with Gasteiger partial charge in [0.1, 0.15) is 5.82 Å². The molecule has 0 bridgehead atoms. The van der Waals surface area contributed by atoms with Gasteiger partial charge in [-0.2, -0.15) is 0 Å². The Bertz CT molecular complexity index is 890. The molecule has 0 radical (unpaired) electrons. The molecule has 1 aliphatic heterocycles. The normalized spacial score (nSPS) is 14.6. The summed E-state index contributed by atoms with van der Waals surface area (Å²) in [5.74, 6) is 1.83. The number of pyridine rings is 1. The smallest absolute Gasteiger partial charge is 0.191 e. The summed E-state index contributed by atoms with van der Waals surface area (Å²) in [6.45, 7) is 3.08. The van der Waals surface area contributed by atoms with Crippen LogP contribution in [0.5, 0.6) is 0 Å². The van der Waals surface area contributed by atoms with E-state index in [1.807, 2.05) is 18.2 Å². The molecule has 1 aromatic carbocycles. The molecule has 6 heteroatoms. The van der Waals surface area contributed by atoms with Crippen molar-refractivity contribution in [3.8, 4) is 0 Å². The zero-order valence-electron chi connectivity index (χ0n) is 13.6. The molecule has 0 saturated carbocycles. The fourth-order valence-corrected chi connectivity index (χ4v) is 4.43. The SMILES string of the molecule is Cc1c(Cl)c(CSc2nnc3n2CCCCC3)nc2ccccc12. The molecule has 24 heavy (non-hydrogen) atoms. The molecule has 2 aromatic heterocycles. The molecule has 0 unspecified atom stereocenters. The maximum absolute atomic E-state index is 6.56. The van der Waals surface area contributed by atoms with Crippen LogP contribution in [0.3, 0.4) is 0 Å². The number of aryl methyl sites for hydroxylation is 2. The predicted octanol–water partition coefficient (Wildman–Crippen LogP) is 4.81. The Morgan fingerprint density at radius 2 is 2.04 bits per heavy atom. The summed E-state index contributed by atoms with van der Waals surface area (Å²) in [5.41, 5.74) is 3.01. The Hall–Kier alpha value is -1.59. The summed E-state index contributed by atoms with van der Waals surface area (Å²) >= 11 is 8.24. The molecular formula is C18H19ClN4S. The van der Waals surface area contributed by atoms with E-state index in [1.54, 1.807) is 11.8 Å². The summed E-state index contributed by atoms with van der Waals surface area (Å²) in [7, 11) is 0. The van der Waals surface area contributed by atoms with Crippen LogP contribution in [-0.2, 0) is 18.7 Å². The number of fused-ring (bicyclic) bond motifs is 2. The number of nitrogens with zero attached hydrogens (tertiary/aromatic N) is 4. The van der Waals surface area contributed by atoms with E-state index >= 15 is 0 Å². The lowest BCUT2D eigenvalue weighted by atomic mass is 10.1. The highest BCUT2D eigenvalue weighted by Gasteiger charge is 2.17. The van der Waals surface area contributed by atoms with Crippen LogP contribution in [0, 0.1) is 6.92 Å². The van der Waals surface area contributed by atoms with E-state index < -0.39 is 0 Å². The number of hydrogen-bond acceptors (Lipinski definition) is 4. The molecule has 0 saturated heterocycles.